The topological polar surface area (TPSA) is 38.0 Å². The monoisotopic (exact) mass is 348 g/mol. The third kappa shape index (κ3) is 3.22. The van der Waals surface area contributed by atoms with Gasteiger partial charge in [0, 0.05) is 4.47 Å². The Morgan fingerprint density at radius 3 is 2.30 bits per heavy atom. The molecule has 2 aromatic rings. The SMILES string of the molecule is Nc1cc(C(F)(F)F)ccc1Nc1cc(Br)ccc1F. The third-order valence-electron chi connectivity index (χ3n) is 2.58. The second-order valence-corrected chi connectivity index (χ2v) is 4.96. The summed E-state index contributed by atoms with van der Waals surface area (Å²) >= 11 is 3.18. The molecule has 0 atom stereocenters. The standard InChI is InChI=1S/C13H9BrF4N2/c14-8-2-3-9(15)12(6-8)20-11-4-1-7(5-10(11)19)13(16,17)18/h1-6,20H,19H2. The van der Waals surface area contributed by atoms with Gasteiger partial charge in [-0.05, 0) is 36.4 Å². The molecule has 2 nitrogen and oxygen atoms in total. The number of nitrogens with two attached hydrogens (primary N) is 1. The highest BCUT2D eigenvalue weighted by atomic mass is 79.9. The van der Waals surface area contributed by atoms with Crippen LogP contribution in [0.2, 0.25) is 0 Å². The highest BCUT2D eigenvalue weighted by Crippen LogP contribution is 2.34. The number of hydrogen-bond donors (Lipinski definition) is 2. The van der Waals surface area contributed by atoms with E-state index < -0.39 is 17.6 Å². The van der Waals surface area contributed by atoms with Crippen LogP contribution in [0.1, 0.15) is 5.56 Å². The van der Waals surface area contributed by atoms with Crippen LogP contribution in [0.15, 0.2) is 40.9 Å². The lowest BCUT2D eigenvalue weighted by molar-refractivity contribution is -0.137. The molecule has 0 heterocycles. The van der Waals surface area contributed by atoms with E-state index >= 15 is 0 Å². The van der Waals surface area contributed by atoms with E-state index in [2.05, 4.69) is 21.2 Å². The molecule has 0 spiro atoms. The van der Waals surface area contributed by atoms with Gasteiger partial charge in [-0.15, -0.1) is 0 Å². The van der Waals surface area contributed by atoms with Gasteiger partial charge in [0.25, 0.3) is 0 Å². The maximum Gasteiger partial charge on any atom is 0.416 e. The lowest BCUT2D eigenvalue weighted by atomic mass is 10.1. The van der Waals surface area contributed by atoms with Gasteiger partial charge in [0.05, 0.1) is 22.6 Å². The Balaban J connectivity index is 2.33. The van der Waals surface area contributed by atoms with Crippen LogP contribution in [0.3, 0.4) is 0 Å². The first-order valence-electron chi connectivity index (χ1n) is 5.46. The van der Waals surface area contributed by atoms with E-state index in [0.29, 0.717) is 4.47 Å². The van der Waals surface area contributed by atoms with Crippen LogP contribution in [-0.2, 0) is 6.18 Å². The smallest absolute Gasteiger partial charge is 0.397 e. The summed E-state index contributed by atoms with van der Waals surface area (Å²) in [6.45, 7) is 0. The van der Waals surface area contributed by atoms with E-state index in [9.17, 15) is 17.6 Å². The van der Waals surface area contributed by atoms with E-state index in [4.69, 9.17) is 5.73 Å². The second kappa shape index (κ2) is 5.32. The predicted octanol–water partition coefficient (Wildman–Crippen LogP) is 4.93. The first-order valence-corrected chi connectivity index (χ1v) is 6.25. The van der Waals surface area contributed by atoms with Crippen molar-refractivity contribution in [1.29, 1.82) is 0 Å². The average molecular weight is 349 g/mol. The molecule has 0 aliphatic rings. The number of nitrogens with one attached hydrogen (secondary N) is 1. The molecule has 0 saturated carbocycles. The van der Waals surface area contributed by atoms with Gasteiger partial charge in [-0.25, -0.2) is 4.39 Å². The fourth-order valence-electron chi connectivity index (χ4n) is 1.59. The van der Waals surface area contributed by atoms with Gasteiger partial charge in [0.1, 0.15) is 5.82 Å². The van der Waals surface area contributed by atoms with Crippen molar-refractivity contribution in [3.63, 3.8) is 0 Å². The van der Waals surface area contributed by atoms with E-state index in [1.54, 1.807) is 0 Å². The number of alkyl halides is 3. The fourth-order valence-corrected chi connectivity index (χ4v) is 1.95. The molecule has 106 valence electrons. The van der Waals surface area contributed by atoms with E-state index in [1.807, 2.05) is 0 Å². The normalized spacial score (nSPS) is 11.4. The van der Waals surface area contributed by atoms with E-state index in [-0.39, 0.29) is 17.1 Å². The Bertz CT molecular complexity index is 641. The Hall–Kier alpha value is -1.76. The average Bonchev–Trinajstić information content (AvgIpc) is 2.35. The number of anilines is 3. The van der Waals surface area contributed by atoms with Crippen LogP contribution in [0.5, 0.6) is 0 Å². The maximum atomic E-state index is 13.6. The van der Waals surface area contributed by atoms with Crippen LogP contribution >= 0.6 is 15.9 Å². The van der Waals surface area contributed by atoms with Gasteiger partial charge >= 0.3 is 6.18 Å². The molecule has 7 heteroatoms. The number of nitrogen functional groups attached to an aromatic ring is 1. The first-order chi connectivity index (χ1) is 9.27. The molecular weight excluding hydrogens is 340 g/mol. The van der Waals surface area contributed by atoms with E-state index in [0.717, 1.165) is 12.1 Å². The highest BCUT2D eigenvalue weighted by Gasteiger charge is 2.30. The molecule has 0 bridgehead atoms. The third-order valence-corrected chi connectivity index (χ3v) is 3.07. The molecule has 0 unspecified atom stereocenters. The van der Waals surface area contributed by atoms with Gasteiger partial charge < -0.3 is 11.1 Å². The summed E-state index contributed by atoms with van der Waals surface area (Å²) in [4.78, 5) is 0. The van der Waals surface area contributed by atoms with Crippen molar-refractivity contribution in [1.82, 2.24) is 0 Å². The van der Waals surface area contributed by atoms with Gasteiger partial charge in [-0.1, -0.05) is 15.9 Å². The molecule has 0 fully saturated rings. The summed E-state index contributed by atoms with van der Waals surface area (Å²) in [6, 6.07) is 7.06. The van der Waals surface area contributed by atoms with Crippen molar-refractivity contribution >= 4 is 33.0 Å². The first kappa shape index (κ1) is 14.6. The minimum atomic E-state index is -4.46. The second-order valence-electron chi connectivity index (χ2n) is 4.05. The van der Waals surface area contributed by atoms with Crippen LogP contribution in [0.25, 0.3) is 0 Å². The predicted molar refractivity (Wildman–Crippen MR) is 73.2 cm³/mol. The van der Waals surface area contributed by atoms with Gasteiger partial charge in [0.2, 0.25) is 0 Å². The van der Waals surface area contributed by atoms with Crippen LogP contribution in [0.4, 0.5) is 34.6 Å². The molecular formula is C13H9BrF4N2. The van der Waals surface area contributed by atoms with Crippen molar-refractivity contribution in [2.75, 3.05) is 11.1 Å². The maximum absolute atomic E-state index is 13.6. The lowest BCUT2D eigenvalue weighted by Gasteiger charge is -2.13. The Labute approximate surface area is 120 Å². The van der Waals surface area contributed by atoms with Gasteiger partial charge in [0.15, 0.2) is 0 Å². The molecule has 0 aliphatic carbocycles. The van der Waals surface area contributed by atoms with Crippen LogP contribution < -0.4 is 11.1 Å². The summed E-state index contributed by atoms with van der Waals surface area (Å²) in [5, 5.41) is 2.66. The van der Waals surface area contributed by atoms with Crippen LogP contribution in [0, 0.1) is 5.82 Å². The molecule has 0 radical (unpaired) electrons. The largest absolute Gasteiger partial charge is 0.416 e. The Morgan fingerprint density at radius 1 is 1.00 bits per heavy atom. The number of hydrogen-bond acceptors (Lipinski definition) is 2. The number of halogens is 5. The molecule has 0 saturated heterocycles. The van der Waals surface area contributed by atoms with Gasteiger partial charge in [-0.2, -0.15) is 13.2 Å². The van der Waals surface area contributed by atoms with Crippen molar-refractivity contribution < 1.29 is 17.6 Å². The van der Waals surface area contributed by atoms with Gasteiger partial charge in [-0.3, -0.25) is 0 Å². The van der Waals surface area contributed by atoms with Crippen molar-refractivity contribution in [2.45, 2.75) is 6.18 Å². The molecule has 0 aliphatic heterocycles. The Kier molecular flexibility index (Phi) is 3.89. The molecule has 2 rings (SSSR count). The lowest BCUT2D eigenvalue weighted by Crippen LogP contribution is -2.07. The molecule has 0 amide bonds. The minimum Gasteiger partial charge on any atom is -0.397 e. The summed E-state index contributed by atoms with van der Waals surface area (Å²) in [5.74, 6) is -0.535. The molecule has 2 aromatic carbocycles. The van der Waals surface area contributed by atoms with Crippen molar-refractivity contribution in [3.8, 4) is 0 Å². The minimum absolute atomic E-state index is 0.112. The highest BCUT2D eigenvalue weighted by molar-refractivity contribution is 9.10. The Morgan fingerprint density at radius 2 is 1.70 bits per heavy atom. The number of rotatable bonds is 2. The summed E-state index contributed by atoms with van der Waals surface area (Å²) in [7, 11) is 0. The quantitative estimate of drug-likeness (QED) is 0.596. The molecule has 20 heavy (non-hydrogen) atoms. The zero-order valence-electron chi connectivity index (χ0n) is 9.93. The summed E-state index contributed by atoms with van der Waals surface area (Å²) in [6.07, 6.45) is -4.46. The molecule has 3 N–H and O–H groups in total. The number of benzene rings is 2. The zero-order valence-corrected chi connectivity index (χ0v) is 11.5. The van der Waals surface area contributed by atoms with E-state index in [1.165, 1.54) is 24.3 Å². The van der Waals surface area contributed by atoms with Crippen molar-refractivity contribution in [3.05, 3.63) is 52.3 Å². The summed E-state index contributed by atoms with van der Waals surface area (Å²) < 4.78 is 51.7. The van der Waals surface area contributed by atoms with Crippen LogP contribution in [-0.4, -0.2) is 0 Å². The fraction of sp³-hybridized carbons (Fsp3) is 0.0769. The van der Waals surface area contributed by atoms with Crippen molar-refractivity contribution in [2.24, 2.45) is 0 Å². The summed E-state index contributed by atoms with van der Waals surface area (Å²) in [5.41, 5.74) is 4.91. The zero-order chi connectivity index (χ0) is 14.9. The molecule has 0 aromatic heterocycles.